The predicted molar refractivity (Wildman–Crippen MR) is 88.9 cm³/mol. The number of carbonyl (C=O) groups is 1. The summed E-state index contributed by atoms with van der Waals surface area (Å²) in [5, 5.41) is 3.58. The molecule has 1 rings (SSSR count). The van der Waals surface area contributed by atoms with E-state index in [0.717, 1.165) is 24.3 Å². The maximum atomic E-state index is 12.8. The lowest BCUT2D eigenvalue weighted by molar-refractivity contribution is -0.133. The summed E-state index contributed by atoms with van der Waals surface area (Å²) in [6, 6.07) is 0.337. The molecule has 0 aromatic rings. The van der Waals surface area contributed by atoms with Crippen molar-refractivity contribution in [2.45, 2.75) is 72.6 Å². The molecular formula is C16H32N2OS. The summed E-state index contributed by atoms with van der Waals surface area (Å²) in [5.41, 5.74) is 0. The third-order valence-electron chi connectivity index (χ3n) is 4.37. The number of nitrogens with zero attached hydrogens (tertiary/aromatic N) is 1. The molecule has 3 nitrogen and oxygen atoms in total. The van der Waals surface area contributed by atoms with Gasteiger partial charge in [-0.1, -0.05) is 41.0 Å². The van der Waals surface area contributed by atoms with E-state index in [1.54, 1.807) is 0 Å². The van der Waals surface area contributed by atoms with E-state index < -0.39 is 0 Å². The molecule has 1 saturated heterocycles. The van der Waals surface area contributed by atoms with E-state index in [1.165, 1.54) is 0 Å². The number of amides is 1. The molecule has 1 aliphatic heterocycles. The van der Waals surface area contributed by atoms with Gasteiger partial charge in [-0.3, -0.25) is 10.1 Å². The molecule has 4 unspecified atom stereocenters. The zero-order valence-electron chi connectivity index (χ0n) is 14.0. The van der Waals surface area contributed by atoms with Crippen molar-refractivity contribution < 1.29 is 4.79 Å². The molecule has 0 radical (unpaired) electrons. The number of hydrogen-bond acceptors (Lipinski definition) is 3. The first-order valence-corrected chi connectivity index (χ1v) is 9.25. The highest BCUT2D eigenvalue weighted by Crippen LogP contribution is 2.26. The second-order valence-electron chi connectivity index (χ2n) is 6.30. The second kappa shape index (κ2) is 8.28. The minimum absolute atomic E-state index is 0.00804. The van der Waals surface area contributed by atoms with Gasteiger partial charge in [0.1, 0.15) is 0 Å². The molecule has 0 spiro atoms. The molecule has 1 aliphatic rings. The lowest BCUT2D eigenvalue weighted by Crippen LogP contribution is -2.46. The fourth-order valence-corrected chi connectivity index (χ4v) is 3.62. The molecule has 0 aromatic carbocycles. The number of nitrogens with one attached hydrogen (secondary N) is 1. The standard InChI is InChI=1S/C16H32N2OS/c1-7-12(5)14-16(19)18(15(17-14)11(3)4)13(6)9-10-20-8-2/h11-15,17H,7-10H2,1-6H3. The first-order chi connectivity index (χ1) is 9.43. The monoisotopic (exact) mass is 300 g/mol. The Kier molecular flexibility index (Phi) is 7.38. The minimum atomic E-state index is 0.00804. The zero-order valence-corrected chi connectivity index (χ0v) is 14.8. The van der Waals surface area contributed by atoms with Crippen molar-refractivity contribution in [3.8, 4) is 0 Å². The predicted octanol–water partition coefficient (Wildman–Crippen LogP) is 3.35. The van der Waals surface area contributed by atoms with E-state index in [1.807, 2.05) is 11.8 Å². The first kappa shape index (κ1) is 17.8. The summed E-state index contributed by atoms with van der Waals surface area (Å²) in [6.07, 6.45) is 2.33. The van der Waals surface area contributed by atoms with Crippen molar-refractivity contribution in [1.82, 2.24) is 10.2 Å². The Morgan fingerprint density at radius 1 is 1.25 bits per heavy atom. The zero-order chi connectivity index (χ0) is 15.3. The third kappa shape index (κ3) is 4.14. The highest BCUT2D eigenvalue weighted by atomic mass is 32.2. The van der Waals surface area contributed by atoms with Gasteiger partial charge in [-0.15, -0.1) is 0 Å². The summed E-state index contributed by atoms with van der Waals surface area (Å²) in [4.78, 5) is 14.9. The molecule has 4 atom stereocenters. The normalized spacial score (nSPS) is 26.4. The summed E-state index contributed by atoms with van der Waals surface area (Å²) >= 11 is 1.96. The topological polar surface area (TPSA) is 32.3 Å². The third-order valence-corrected chi connectivity index (χ3v) is 5.31. The number of rotatable bonds is 8. The number of carbonyl (C=O) groups excluding carboxylic acids is 1. The fraction of sp³-hybridized carbons (Fsp3) is 0.938. The smallest absolute Gasteiger partial charge is 0.241 e. The summed E-state index contributed by atoms with van der Waals surface area (Å²) in [7, 11) is 0. The van der Waals surface area contributed by atoms with Crippen molar-refractivity contribution in [3.63, 3.8) is 0 Å². The molecule has 20 heavy (non-hydrogen) atoms. The van der Waals surface area contributed by atoms with Gasteiger partial charge in [-0.25, -0.2) is 0 Å². The van der Waals surface area contributed by atoms with Gasteiger partial charge < -0.3 is 4.90 Å². The van der Waals surface area contributed by atoms with E-state index in [4.69, 9.17) is 0 Å². The summed E-state index contributed by atoms with van der Waals surface area (Å²) in [6.45, 7) is 13.1. The van der Waals surface area contributed by atoms with E-state index >= 15 is 0 Å². The molecule has 1 fully saturated rings. The van der Waals surface area contributed by atoms with Crippen molar-refractivity contribution in [2.24, 2.45) is 11.8 Å². The molecule has 0 aliphatic carbocycles. The molecule has 1 amide bonds. The van der Waals surface area contributed by atoms with E-state index in [9.17, 15) is 4.79 Å². The SMILES string of the molecule is CCSCCC(C)N1C(=O)C(C(C)CC)NC1C(C)C. The Bertz CT molecular complexity index is 309. The molecular weight excluding hydrogens is 268 g/mol. The second-order valence-corrected chi connectivity index (χ2v) is 7.69. The van der Waals surface area contributed by atoms with Crippen LogP contribution in [0.3, 0.4) is 0 Å². The Morgan fingerprint density at radius 3 is 2.40 bits per heavy atom. The largest absolute Gasteiger partial charge is 0.323 e. The number of thioether (sulfide) groups is 1. The van der Waals surface area contributed by atoms with Crippen LogP contribution in [0.1, 0.15) is 54.4 Å². The van der Waals surface area contributed by atoms with Gasteiger partial charge >= 0.3 is 0 Å². The van der Waals surface area contributed by atoms with Crippen LogP contribution in [-0.4, -0.2) is 40.6 Å². The van der Waals surface area contributed by atoms with Crippen molar-refractivity contribution in [2.75, 3.05) is 11.5 Å². The fourth-order valence-electron chi connectivity index (χ4n) is 2.82. The highest BCUT2D eigenvalue weighted by molar-refractivity contribution is 7.99. The van der Waals surface area contributed by atoms with Crippen molar-refractivity contribution in [1.29, 1.82) is 0 Å². The van der Waals surface area contributed by atoms with Crippen molar-refractivity contribution in [3.05, 3.63) is 0 Å². The summed E-state index contributed by atoms with van der Waals surface area (Å²) in [5.74, 6) is 3.47. The molecule has 0 aromatic heterocycles. The quantitative estimate of drug-likeness (QED) is 0.698. The maximum absolute atomic E-state index is 12.8. The molecule has 1 heterocycles. The number of hydrogen-bond donors (Lipinski definition) is 1. The molecule has 4 heteroatoms. The lowest BCUT2D eigenvalue weighted by Gasteiger charge is -2.32. The average Bonchev–Trinajstić information content (AvgIpc) is 2.76. The van der Waals surface area contributed by atoms with Crippen LogP contribution < -0.4 is 5.32 Å². The van der Waals surface area contributed by atoms with Crippen LogP contribution >= 0.6 is 11.8 Å². The van der Waals surface area contributed by atoms with Crippen LogP contribution in [0.2, 0.25) is 0 Å². The van der Waals surface area contributed by atoms with Crippen LogP contribution in [0, 0.1) is 11.8 Å². The Hall–Kier alpha value is -0.220. The van der Waals surface area contributed by atoms with Gasteiger partial charge in [0.2, 0.25) is 5.91 Å². The van der Waals surface area contributed by atoms with Gasteiger partial charge in [0, 0.05) is 6.04 Å². The Labute approximate surface area is 129 Å². The van der Waals surface area contributed by atoms with Crippen LogP contribution in [0.25, 0.3) is 0 Å². The average molecular weight is 301 g/mol. The lowest BCUT2D eigenvalue weighted by atomic mass is 9.99. The molecule has 0 bridgehead atoms. The minimum Gasteiger partial charge on any atom is -0.323 e. The van der Waals surface area contributed by atoms with Crippen LogP contribution in [-0.2, 0) is 4.79 Å². The Balaban J connectivity index is 2.76. The van der Waals surface area contributed by atoms with Gasteiger partial charge in [0.15, 0.2) is 0 Å². The molecule has 0 saturated carbocycles. The van der Waals surface area contributed by atoms with E-state index in [-0.39, 0.29) is 12.2 Å². The van der Waals surface area contributed by atoms with E-state index in [2.05, 4.69) is 51.8 Å². The maximum Gasteiger partial charge on any atom is 0.241 e. The molecule has 1 N–H and O–H groups in total. The van der Waals surface area contributed by atoms with Gasteiger partial charge in [-0.2, -0.15) is 11.8 Å². The van der Waals surface area contributed by atoms with Crippen LogP contribution in [0.5, 0.6) is 0 Å². The van der Waals surface area contributed by atoms with Gasteiger partial charge in [-0.05, 0) is 36.7 Å². The summed E-state index contributed by atoms with van der Waals surface area (Å²) < 4.78 is 0. The highest BCUT2D eigenvalue weighted by Gasteiger charge is 2.43. The Morgan fingerprint density at radius 2 is 1.90 bits per heavy atom. The van der Waals surface area contributed by atoms with Gasteiger partial charge in [0.05, 0.1) is 12.2 Å². The first-order valence-electron chi connectivity index (χ1n) is 8.09. The van der Waals surface area contributed by atoms with Gasteiger partial charge in [0.25, 0.3) is 0 Å². The van der Waals surface area contributed by atoms with Crippen LogP contribution in [0.4, 0.5) is 0 Å². The van der Waals surface area contributed by atoms with E-state index in [0.29, 0.717) is 23.8 Å². The molecule has 118 valence electrons. The van der Waals surface area contributed by atoms with Crippen molar-refractivity contribution >= 4 is 17.7 Å². The van der Waals surface area contributed by atoms with Crippen LogP contribution in [0.15, 0.2) is 0 Å².